The maximum atomic E-state index is 11.4. The van der Waals surface area contributed by atoms with Crippen LogP contribution < -0.4 is 10.6 Å². The van der Waals surface area contributed by atoms with Crippen LogP contribution in [0.25, 0.3) is 0 Å². The highest BCUT2D eigenvalue weighted by Crippen LogP contribution is 2.39. The van der Waals surface area contributed by atoms with E-state index in [1.165, 1.54) is 0 Å². The molecular weight excluding hydrogens is 286 g/mol. The van der Waals surface area contributed by atoms with Gasteiger partial charge in [0.15, 0.2) is 5.13 Å². The monoisotopic (exact) mass is 309 g/mol. The number of likely N-dealkylation sites (N-methyl/N-ethyl adjacent to an activating group) is 1. The van der Waals surface area contributed by atoms with Crippen molar-refractivity contribution in [3.8, 4) is 0 Å². The van der Waals surface area contributed by atoms with Crippen molar-refractivity contribution in [1.29, 1.82) is 0 Å². The van der Waals surface area contributed by atoms with Crippen LogP contribution in [-0.4, -0.2) is 66.6 Å². The van der Waals surface area contributed by atoms with Crippen molar-refractivity contribution in [2.24, 2.45) is 11.7 Å². The molecule has 2 saturated heterocycles. The second-order valence-electron chi connectivity index (χ2n) is 6.27. The van der Waals surface area contributed by atoms with Gasteiger partial charge in [0, 0.05) is 43.3 Å². The van der Waals surface area contributed by atoms with Crippen LogP contribution in [-0.2, 0) is 0 Å². The molecule has 2 amide bonds. The van der Waals surface area contributed by atoms with Crippen LogP contribution in [0.5, 0.6) is 0 Å². The van der Waals surface area contributed by atoms with Gasteiger partial charge in [0.25, 0.3) is 0 Å². The van der Waals surface area contributed by atoms with Gasteiger partial charge in [0.05, 0.1) is 0 Å². The summed E-state index contributed by atoms with van der Waals surface area (Å²) in [5.41, 5.74) is 5.45. The summed E-state index contributed by atoms with van der Waals surface area (Å²) in [5, 5.41) is 3.15. The summed E-state index contributed by atoms with van der Waals surface area (Å²) < 4.78 is 0. The number of carbonyl (C=O) groups is 1. The Hall–Kier alpha value is -1.34. The number of hydrogen-bond donors (Lipinski definition) is 1. The summed E-state index contributed by atoms with van der Waals surface area (Å²) in [4.78, 5) is 22.5. The lowest BCUT2D eigenvalue weighted by molar-refractivity contribution is 0.170. The third-order valence-corrected chi connectivity index (χ3v) is 5.33. The molecule has 6 nitrogen and oxygen atoms in total. The van der Waals surface area contributed by atoms with E-state index < -0.39 is 0 Å². The van der Waals surface area contributed by atoms with Gasteiger partial charge in [0.1, 0.15) is 0 Å². The maximum Gasteiger partial charge on any atom is 0.314 e. The van der Waals surface area contributed by atoms with Crippen molar-refractivity contribution in [1.82, 2.24) is 14.8 Å². The Labute approximate surface area is 129 Å². The number of nitrogens with two attached hydrogens (primary N) is 1. The van der Waals surface area contributed by atoms with Gasteiger partial charge < -0.3 is 20.4 Å². The molecule has 2 aliphatic rings. The standard InChI is InChI=1S/C14H23N5OS/c1-17(2)9-11-7-10-8-18(13(15)20)5-3-12(10)19(11)14-16-4-6-21-14/h4,6,10-12H,3,5,7-9H2,1-2H3,(H2,15,20)/t10?,11-,12?/m0/s1. The Balaban J connectivity index is 1.81. The van der Waals surface area contributed by atoms with Gasteiger partial charge in [-0.2, -0.15) is 0 Å². The summed E-state index contributed by atoms with van der Waals surface area (Å²) >= 11 is 1.70. The number of likely N-dealkylation sites (tertiary alicyclic amines) is 1. The number of amides is 2. The van der Waals surface area contributed by atoms with Crippen LogP contribution in [0.3, 0.4) is 0 Å². The number of rotatable bonds is 3. The molecule has 3 rings (SSSR count). The van der Waals surface area contributed by atoms with Crippen LogP contribution in [0.1, 0.15) is 12.8 Å². The minimum absolute atomic E-state index is 0.287. The van der Waals surface area contributed by atoms with Gasteiger partial charge in [-0.05, 0) is 32.9 Å². The van der Waals surface area contributed by atoms with E-state index in [4.69, 9.17) is 5.73 Å². The van der Waals surface area contributed by atoms with E-state index in [1.54, 1.807) is 16.2 Å². The fraction of sp³-hybridized carbons (Fsp3) is 0.714. The second kappa shape index (κ2) is 5.81. The number of aromatic nitrogens is 1. The molecule has 0 radical (unpaired) electrons. The number of thiazole rings is 1. The molecule has 7 heteroatoms. The van der Waals surface area contributed by atoms with Gasteiger partial charge in [-0.25, -0.2) is 9.78 Å². The summed E-state index contributed by atoms with van der Waals surface area (Å²) in [6.07, 6.45) is 3.96. The Morgan fingerprint density at radius 1 is 1.57 bits per heavy atom. The Morgan fingerprint density at radius 3 is 3.00 bits per heavy atom. The zero-order valence-corrected chi connectivity index (χ0v) is 13.4. The normalized spacial score (nSPS) is 29.0. The average molecular weight is 309 g/mol. The molecule has 2 aliphatic heterocycles. The van der Waals surface area contributed by atoms with E-state index in [0.29, 0.717) is 18.0 Å². The fourth-order valence-electron chi connectivity index (χ4n) is 3.78. The highest BCUT2D eigenvalue weighted by molar-refractivity contribution is 7.13. The largest absolute Gasteiger partial charge is 0.351 e. The average Bonchev–Trinajstić information content (AvgIpc) is 3.02. The molecule has 1 aromatic rings. The van der Waals surface area contributed by atoms with Crippen LogP contribution in [0.15, 0.2) is 11.6 Å². The zero-order chi connectivity index (χ0) is 15.0. The minimum atomic E-state index is -0.287. The Morgan fingerprint density at radius 2 is 2.38 bits per heavy atom. The molecule has 0 aromatic carbocycles. The highest BCUT2D eigenvalue weighted by Gasteiger charge is 2.45. The number of anilines is 1. The number of hydrogen-bond acceptors (Lipinski definition) is 5. The SMILES string of the molecule is CN(C)C[C@@H]1CC2CN(C(N)=O)CCC2N1c1nccs1. The number of fused-ring (bicyclic) bond motifs is 1. The Kier molecular flexibility index (Phi) is 4.03. The fourth-order valence-corrected chi connectivity index (χ4v) is 4.55. The predicted molar refractivity (Wildman–Crippen MR) is 84.6 cm³/mol. The van der Waals surface area contributed by atoms with Gasteiger partial charge in [0.2, 0.25) is 0 Å². The quantitative estimate of drug-likeness (QED) is 0.906. The lowest BCUT2D eigenvalue weighted by Gasteiger charge is -2.38. The molecule has 0 bridgehead atoms. The smallest absolute Gasteiger partial charge is 0.314 e. The van der Waals surface area contributed by atoms with Crippen molar-refractivity contribution in [3.05, 3.63) is 11.6 Å². The van der Waals surface area contributed by atoms with Crippen molar-refractivity contribution in [3.63, 3.8) is 0 Å². The lowest BCUT2D eigenvalue weighted by Crippen LogP contribution is -2.50. The minimum Gasteiger partial charge on any atom is -0.351 e. The first-order valence-corrected chi connectivity index (χ1v) is 8.31. The number of nitrogens with zero attached hydrogens (tertiary/aromatic N) is 4. The van der Waals surface area contributed by atoms with Crippen molar-refractivity contribution >= 4 is 22.5 Å². The first kappa shape index (κ1) is 14.6. The highest BCUT2D eigenvalue weighted by atomic mass is 32.1. The number of urea groups is 1. The zero-order valence-electron chi connectivity index (χ0n) is 12.6. The molecule has 1 aromatic heterocycles. The van der Waals surface area contributed by atoms with Crippen LogP contribution in [0, 0.1) is 5.92 Å². The van der Waals surface area contributed by atoms with E-state index in [9.17, 15) is 4.79 Å². The summed E-state index contributed by atoms with van der Waals surface area (Å²) in [6.45, 7) is 2.56. The second-order valence-corrected chi connectivity index (χ2v) is 7.15. The van der Waals surface area contributed by atoms with Crippen molar-refractivity contribution in [2.75, 3.05) is 38.6 Å². The van der Waals surface area contributed by atoms with Crippen LogP contribution in [0.2, 0.25) is 0 Å². The number of primary amides is 1. The molecule has 116 valence electrons. The third kappa shape index (κ3) is 2.85. The van der Waals surface area contributed by atoms with E-state index in [0.717, 1.165) is 37.6 Å². The van der Waals surface area contributed by atoms with Gasteiger partial charge in [-0.1, -0.05) is 0 Å². The number of piperidine rings is 1. The van der Waals surface area contributed by atoms with Gasteiger partial charge in [-0.15, -0.1) is 11.3 Å². The molecule has 21 heavy (non-hydrogen) atoms. The molecular formula is C14H23N5OS. The predicted octanol–water partition coefficient (Wildman–Crippen LogP) is 1.05. The molecule has 0 saturated carbocycles. The third-order valence-electron chi connectivity index (χ3n) is 4.55. The summed E-state index contributed by atoms with van der Waals surface area (Å²) in [7, 11) is 4.22. The van der Waals surface area contributed by atoms with E-state index in [2.05, 4.69) is 28.9 Å². The lowest BCUT2D eigenvalue weighted by atomic mass is 9.92. The first-order chi connectivity index (χ1) is 10.1. The summed E-state index contributed by atoms with van der Waals surface area (Å²) in [5.74, 6) is 0.500. The topological polar surface area (TPSA) is 65.7 Å². The molecule has 3 heterocycles. The molecule has 2 unspecified atom stereocenters. The van der Waals surface area contributed by atoms with Crippen LogP contribution in [0.4, 0.5) is 9.93 Å². The molecule has 3 atom stereocenters. The van der Waals surface area contributed by atoms with E-state index in [1.807, 2.05) is 11.6 Å². The van der Waals surface area contributed by atoms with Crippen molar-refractivity contribution in [2.45, 2.75) is 24.9 Å². The van der Waals surface area contributed by atoms with Crippen molar-refractivity contribution < 1.29 is 4.79 Å². The molecule has 2 fully saturated rings. The molecule has 0 spiro atoms. The van der Waals surface area contributed by atoms with E-state index >= 15 is 0 Å². The molecule has 2 N–H and O–H groups in total. The van der Waals surface area contributed by atoms with Crippen LogP contribution >= 0.6 is 11.3 Å². The molecule has 0 aliphatic carbocycles. The Bertz CT molecular complexity index is 492. The van der Waals surface area contributed by atoms with Gasteiger partial charge >= 0.3 is 6.03 Å². The van der Waals surface area contributed by atoms with Gasteiger partial charge in [-0.3, -0.25) is 0 Å². The number of carbonyl (C=O) groups excluding carboxylic acids is 1. The maximum absolute atomic E-state index is 11.4. The first-order valence-electron chi connectivity index (χ1n) is 7.43. The summed E-state index contributed by atoms with van der Waals surface area (Å²) in [6, 6.07) is 0.663. The van der Waals surface area contributed by atoms with E-state index in [-0.39, 0.29) is 6.03 Å².